The van der Waals surface area contributed by atoms with Crippen molar-refractivity contribution in [2.24, 2.45) is 0 Å². The molecule has 0 aromatic heterocycles. The maximum absolute atomic E-state index is 9.81. The zero-order chi connectivity index (χ0) is 14.3. The van der Waals surface area contributed by atoms with E-state index in [1.54, 1.807) is 7.11 Å². The van der Waals surface area contributed by atoms with Gasteiger partial charge in [0.2, 0.25) is 0 Å². The molecule has 0 bridgehead atoms. The molecule has 0 aliphatic rings. The summed E-state index contributed by atoms with van der Waals surface area (Å²) >= 11 is 3.50. The Bertz CT molecular complexity index is 388. The lowest BCUT2D eigenvalue weighted by Crippen LogP contribution is -2.32. The van der Waals surface area contributed by atoms with Gasteiger partial charge < -0.3 is 20.1 Å². The average Bonchev–Trinajstić information content (AvgIpc) is 2.36. The van der Waals surface area contributed by atoms with Crippen molar-refractivity contribution in [3.8, 4) is 0 Å². The van der Waals surface area contributed by atoms with Crippen molar-refractivity contribution in [1.82, 2.24) is 5.32 Å². The maximum Gasteiger partial charge on any atom is 0.0947 e. The fourth-order valence-corrected chi connectivity index (χ4v) is 2.40. The van der Waals surface area contributed by atoms with Gasteiger partial charge >= 0.3 is 0 Å². The molecule has 0 saturated heterocycles. The number of ether oxygens (including phenoxy) is 1. The fourth-order valence-electron chi connectivity index (χ4n) is 1.99. The molecule has 0 amide bonds. The highest BCUT2D eigenvalue weighted by Gasteiger charge is 2.12. The summed E-state index contributed by atoms with van der Waals surface area (Å²) in [6.45, 7) is 4.74. The van der Waals surface area contributed by atoms with Gasteiger partial charge in [0.05, 0.1) is 12.7 Å². The molecular formula is C14H23BrN2O2. The van der Waals surface area contributed by atoms with Crippen molar-refractivity contribution in [3.63, 3.8) is 0 Å². The van der Waals surface area contributed by atoms with Crippen LogP contribution in [0.4, 0.5) is 5.69 Å². The Morgan fingerprint density at radius 3 is 2.84 bits per heavy atom. The van der Waals surface area contributed by atoms with E-state index in [1.807, 2.05) is 13.1 Å². The second kappa shape index (κ2) is 8.53. The first-order valence-electron chi connectivity index (χ1n) is 6.45. The van der Waals surface area contributed by atoms with Gasteiger partial charge in [0.15, 0.2) is 0 Å². The molecule has 1 aromatic rings. The highest BCUT2D eigenvalue weighted by atomic mass is 79.9. The van der Waals surface area contributed by atoms with E-state index in [1.165, 1.54) is 5.56 Å². The standard InChI is InChI=1S/C14H23BrN2O2/c1-4-16-8-11-7-12(15)5-6-14(11)17(2)9-13(18)10-19-3/h5-7,13,16,18H,4,8-10H2,1-3H3. The maximum atomic E-state index is 9.81. The molecule has 0 aliphatic carbocycles. The van der Waals surface area contributed by atoms with E-state index in [-0.39, 0.29) is 0 Å². The number of hydrogen-bond donors (Lipinski definition) is 2. The monoisotopic (exact) mass is 330 g/mol. The number of likely N-dealkylation sites (N-methyl/N-ethyl adjacent to an activating group) is 1. The van der Waals surface area contributed by atoms with Gasteiger partial charge in [0.1, 0.15) is 0 Å². The third-order valence-corrected chi connectivity index (χ3v) is 3.36. The fraction of sp³-hybridized carbons (Fsp3) is 0.571. The van der Waals surface area contributed by atoms with Crippen molar-refractivity contribution < 1.29 is 9.84 Å². The van der Waals surface area contributed by atoms with Crippen LogP contribution in [0, 0.1) is 0 Å². The lowest BCUT2D eigenvalue weighted by molar-refractivity contribution is 0.0695. The Hall–Kier alpha value is -0.620. The van der Waals surface area contributed by atoms with Crippen molar-refractivity contribution in [2.45, 2.75) is 19.6 Å². The molecule has 1 rings (SSSR count). The number of benzene rings is 1. The average molecular weight is 331 g/mol. The molecule has 0 aliphatic heterocycles. The van der Waals surface area contributed by atoms with Crippen LogP contribution in [0.3, 0.4) is 0 Å². The molecule has 108 valence electrons. The number of nitrogens with zero attached hydrogens (tertiary/aromatic N) is 1. The molecule has 5 heteroatoms. The van der Waals surface area contributed by atoms with Crippen LogP contribution in [-0.4, -0.2) is 45.1 Å². The van der Waals surface area contributed by atoms with Crippen molar-refractivity contribution in [3.05, 3.63) is 28.2 Å². The van der Waals surface area contributed by atoms with Crippen LogP contribution in [0.1, 0.15) is 12.5 Å². The first kappa shape index (κ1) is 16.4. The number of aliphatic hydroxyl groups excluding tert-OH is 1. The first-order chi connectivity index (χ1) is 9.08. The van der Waals surface area contributed by atoms with E-state index in [4.69, 9.17) is 4.74 Å². The largest absolute Gasteiger partial charge is 0.389 e. The molecule has 0 fully saturated rings. The van der Waals surface area contributed by atoms with Gasteiger partial charge in [-0.15, -0.1) is 0 Å². The minimum absolute atomic E-state index is 0.351. The van der Waals surface area contributed by atoms with Crippen LogP contribution < -0.4 is 10.2 Å². The quantitative estimate of drug-likeness (QED) is 0.765. The van der Waals surface area contributed by atoms with Gasteiger partial charge in [-0.25, -0.2) is 0 Å². The van der Waals surface area contributed by atoms with Crippen LogP contribution in [0.15, 0.2) is 22.7 Å². The zero-order valence-electron chi connectivity index (χ0n) is 11.8. The van der Waals surface area contributed by atoms with E-state index in [0.29, 0.717) is 13.2 Å². The van der Waals surface area contributed by atoms with E-state index < -0.39 is 6.10 Å². The number of hydrogen-bond acceptors (Lipinski definition) is 4. The molecule has 4 nitrogen and oxygen atoms in total. The Morgan fingerprint density at radius 1 is 1.47 bits per heavy atom. The van der Waals surface area contributed by atoms with Crippen LogP contribution in [-0.2, 0) is 11.3 Å². The number of rotatable bonds is 8. The molecule has 1 aromatic carbocycles. The number of nitrogens with one attached hydrogen (secondary N) is 1. The second-order valence-electron chi connectivity index (χ2n) is 4.54. The zero-order valence-corrected chi connectivity index (χ0v) is 13.4. The summed E-state index contributed by atoms with van der Waals surface area (Å²) in [6, 6.07) is 6.19. The van der Waals surface area contributed by atoms with Crippen molar-refractivity contribution in [2.75, 3.05) is 38.8 Å². The Morgan fingerprint density at radius 2 is 2.21 bits per heavy atom. The molecular weight excluding hydrogens is 308 g/mol. The number of aliphatic hydroxyl groups is 1. The molecule has 1 unspecified atom stereocenters. The smallest absolute Gasteiger partial charge is 0.0947 e. The summed E-state index contributed by atoms with van der Waals surface area (Å²) < 4.78 is 6.02. The minimum Gasteiger partial charge on any atom is -0.389 e. The molecule has 0 saturated carbocycles. The normalized spacial score (nSPS) is 12.5. The third kappa shape index (κ3) is 5.48. The Balaban J connectivity index is 2.79. The van der Waals surface area contributed by atoms with Gasteiger partial charge in [-0.2, -0.15) is 0 Å². The van der Waals surface area contributed by atoms with Crippen LogP contribution in [0.25, 0.3) is 0 Å². The molecule has 2 N–H and O–H groups in total. The molecule has 0 heterocycles. The van der Waals surface area contributed by atoms with Crippen LogP contribution in [0.2, 0.25) is 0 Å². The van der Waals surface area contributed by atoms with Gasteiger partial charge in [-0.3, -0.25) is 0 Å². The van der Waals surface area contributed by atoms with Crippen LogP contribution in [0.5, 0.6) is 0 Å². The summed E-state index contributed by atoms with van der Waals surface area (Å²) in [5, 5.41) is 13.1. The van der Waals surface area contributed by atoms with E-state index >= 15 is 0 Å². The molecule has 0 radical (unpaired) electrons. The lowest BCUT2D eigenvalue weighted by atomic mass is 10.1. The van der Waals surface area contributed by atoms with Gasteiger partial charge in [-0.1, -0.05) is 22.9 Å². The van der Waals surface area contributed by atoms with E-state index in [2.05, 4.69) is 45.2 Å². The van der Waals surface area contributed by atoms with E-state index in [0.717, 1.165) is 23.2 Å². The number of anilines is 1. The second-order valence-corrected chi connectivity index (χ2v) is 5.46. The summed E-state index contributed by atoms with van der Waals surface area (Å²) in [5.74, 6) is 0. The van der Waals surface area contributed by atoms with Gasteiger partial charge in [-0.05, 0) is 30.3 Å². The highest BCUT2D eigenvalue weighted by Crippen LogP contribution is 2.24. The van der Waals surface area contributed by atoms with Gasteiger partial charge in [0, 0.05) is 37.4 Å². The predicted octanol–water partition coefficient (Wildman–Crippen LogP) is 2.00. The lowest BCUT2D eigenvalue weighted by Gasteiger charge is -2.25. The number of methoxy groups -OCH3 is 1. The molecule has 0 spiro atoms. The molecule has 19 heavy (non-hydrogen) atoms. The molecule has 1 atom stereocenters. The summed E-state index contributed by atoms with van der Waals surface area (Å²) in [7, 11) is 3.58. The number of halogens is 1. The SMILES string of the molecule is CCNCc1cc(Br)ccc1N(C)CC(O)COC. The summed E-state index contributed by atoms with van der Waals surface area (Å²) in [5.41, 5.74) is 2.34. The Labute approximate surface area is 123 Å². The minimum atomic E-state index is -0.481. The third-order valence-electron chi connectivity index (χ3n) is 2.86. The van der Waals surface area contributed by atoms with Crippen LogP contribution >= 0.6 is 15.9 Å². The van der Waals surface area contributed by atoms with Gasteiger partial charge in [0.25, 0.3) is 0 Å². The van der Waals surface area contributed by atoms with Crippen molar-refractivity contribution in [1.29, 1.82) is 0 Å². The summed E-state index contributed by atoms with van der Waals surface area (Å²) in [6.07, 6.45) is -0.481. The first-order valence-corrected chi connectivity index (χ1v) is 7.25. The van der Waals surface area contributed by atoms with Crippen molar-refractivity contribution >= 4 is 21.6 Å². The highest BCUT2D eigenvalue weighted by molar-refractivity contribution is 9.10. The van der Waals surface area contributed by atoms with E-state index in [9.17, 15) is 5.11 Å². The summed E-state index contributed by atoms with van der Waals surface area (Å²) in [4.78, 5) is 2.06. The topological polar surface area (TPSA) is 44.7 Å². The predicted molar refractivity (Wildman–Crippen MR) is 82.7 cm³/mol. The Kier molecular flexibility index (Phi) is 7.38.